The van der Waals surface area contributed by atoms with Gasteiger partial charge in [0.2, 0.25) is 5.82 Å². The molecular formula is C16H14ClN5O. The summed E-state index contributed by atoms with van der Waals surface area (Å²) in [5, 5.41) is 13.2. The lowest BCUT2D eigenvalue weighted by Crippen LogP contribution is -2.01. The van der Waals surface area contributed by atoms with Crippen molar-refractivity contribution in [2.75, 3.05) is 12.3 Å². The lowest BCUT2D eigenvalue weighted by atomic mass is 10.1. The maximum absolute atomic E-state index is 5.98. The first-order valence-corrected chi connectivity index (χ1v) is 7.25. The van der Waals surface area contributed by atoms with Crippen molar-refractivity contribution in [2.45, 2.75) is 0 Å². The Hall–Kier alpha value is -2.86. The van der Waals surface area contributed by atoms with E-state index in [1.165, 1.54) is 4.80 Å². The second-order valence-electron chi connectivity index (χ2n) is 4.70. The van der Waals surface area contributed by atoms with Gasteiger partial charge in [0.25, 0.3) is 0 Å². The molecule has 0 spiro atoms. The third kappa shape index (κ3) is 3.17. The molecule has 0 amide bonds. The Labute approximate surface area is 138 Å². The largest absolute Gasteiger partial charge is 0.487 e. The van der Waals surface area contributed by atoms with Crippen LogP contribution in [0, 0.1) is 0 Å². The van der Waals surface area contributed by atoms with Crippen LogP contribution in [-0.2, 0) is 0 Å². The summed E-state index contributed by atoms with van der Waals surface area (Å²) in [5.74, 6) is 0.939. The van der Waals surface area contributed by atoms with Crippen LogP contribution >= 0.6 is 11.6 Å². The SMILES string of the molecule is C=CCOc1c(N)cccc1-c1nnn(-c2ccc(Cl)cc2)n1. The third-order valence-corrected chi connectivity index (χ3v) is 3.36. The van der Waals surface area contributed by atoms with E-state index in [9.17, 15) is 0 Å². The van der Waals surface area contributed by atoms with Crippen molar-refractivity contribution in [2.24, 2.45) is 0 Å². The van der Waals surface area contributed by atoms with Crippen LogP contribution in [0.15, 0.2) is 55.1 Å². The molecule has 23 heavy (non-hydrogen) atoms. The number of aromatic nitrogens is 4. The summed E-state index contributed by atoms with van der Waals surface area (Å²) < 4.78 is 5.62. The number of ether oxygens (including phenoxy) is 1. The first-order chi connectivity index (χ1) is 11.2. The van der Waals surface area contributed by atoms with Gasteiger partial charge < -0.3 is 10.5 Å². The molecule has 1 aromatic heterocycles. The molecule has 0 fully saturated rings. The van der Waals surface area contributed by atoms with Gasteiger partial charge in [0, 0.05) is 5.02 Å². The second-order valence-corrected chi connectivity index (χ2v) is 5.14. The Kier molecular flexibility index (Phi) is 4.25. The minimum absolute atomic E-state index is 0.340. The van der Waals surface area contributed by atoms with Crippen LogP contribution in [0.4, 0.5) is 5.69 Å². The van der Waals surface area contributed by atoms with Crippen LogP contribution in [0.2, 0.25) is 5.02 Å². The molecule has 2 aromatic carbocycles. The highest BCUT2D eigenvalue weighted by Crippen LogP contribution is 2.33. The molecule has 0 atom stereocenters. The molecule has 3 aromatic rings. The Morgan fingerprint density at radius 2 is 2.00 bits per heavy atom. The molecule has 7 heteroatoms. The first-order valence-electron chi connectivity index (χ1n) is 6.87. The van der Waals surface area contributed by atoms with Crippen molar-refractivity contribution < 1.29 is 4.74 Å². The number of para-hydroxylation sites is 1. The lowest BCUT2D eigenvalue weighted by Gasteiger charge is -2.10. The normalized spacial score (nSPS) is 10.5. The third-order valence-electron chi connectivity index (χ3n) is 3.10. The average molecular weight is 328 g/mol. The molecule has 2 N–H and O–H groups in total. The molecule has 116 valence electrons. The van der Waals surface area contributed by atoms with Crippen molar-refractivity contribution in [1.82, 2.24) is 20.2 Å². The number of nitrogens with two attached hydrogens (primary N) is 1. The standard InChI is InChI=1S/C16H14ClN5O/c1-2-10-23-15-13(4-3-5-14(15)18)16-19-21-22(20-16)12-8-6-11(17)7-9-12/h2-9H,1,10,18H2. The zero-order valence-electron chi connectivity index (χ0n) is 12.2. The van der Waals surface area contributed by atoms with Crippen LogP contribution in [0.5, 0.6) is 5.75 Å². The predicted molar refractivity (Wildman–Crippen MR) is 89.7 cm³/mol. The van der Waals surface area contributed by atoms with Gasteiger partial charge in [-0.3, -0.25) is 0 Å². The van der Waals surface area contributed by atoms with Crippen LogP contribution < -0.4 is 10.5 Å². The summed E-state index contributed by atoms with van der Waals surface area (Å²) >= 11 is 5.88. The van der Waals surface area contributed by atoms with E-state index >= 15 is 0 Å². The predicted octanol–water partition coefficient (Wildman–Crippen LogP) is 3.13. The summed E-state index contributed by atoms with van der Waals surface area (Å²) in [6.07, 6.45) is 1.65. The molecular weight excluding hydrogens is 314 g/mol. The van der Waals surface area contributed by atoms with E-state index < -0.39 is 0 Å². The van der Waals surface area contributed by atoms with Crippen molar-refractivity contribution in [3.8, 4) is 22.8 Å². The number of halogens is 1. The molecule has 6 nitrogen and oxygen atoms in total. The summed E-state index contributed by atoms with van der Waals surface area (Å²) in [4.78, 5) is 1.42. The van der Waals surface area contributed by atoms with Gasteiger partial charge in [-0.1, -0.05) is 30.3 Å². The van der Waals surface area contributed by atoms with E-state index in [2.05, 4.69) is 22.0 Å². The Morgan fingerprint density at radius 3 is 2.74 bits per heavy atom. The van der Waals surface area contributed by atoms with Gasteiger partial charge in [-0.05, 0) is 41.6 Å². The molecule has 0 aliphatic carbocycles. The fourth-order valence-corrected chi connectivity index (χ4v) is 2.17. The molecule has 0 radical (unpaired) electrons. The Balaban J connectivity index is 1.98. The van der Waals surface area contributed by atoms with Crippen molar-refractivity contribution in [3.05, 3.63) is 60.1 Å². The number of tetrazole rings is 1. The van der Waals surface area contributed by atoms with Gasteiger partial charge in [0.05, 0.1) is 16.9 Å². The summed E-state index contributed by atoms with van der Waals surface area (Å²) in [7, 11) is 0. The van der Waals surface area contributed by atoms with Gasteiger partial charge in [-0.2, -0.15) is 0 Å². The van der Waals surface area contributed by atoms with Crippen LogP contribution in [0.1, 0.15) is 0 Å². The van der Waals surface area contributed by atoms with Gasteiger partial charge in [-0.25, -0.2) is 0 Å². The van der Waals surface area contributed by atoms with Crippen molar-refractivity contribution in [1.29, 1.82) is 0 Å². The number of nitrogen functional groups attached to an aromatic ring is 1. The van der Waals surface area contributed by atoms with E-state index in [-0.39, 0.29) is 0 Å². The first kappa shape index (κ1) is 15.1. The molecule has 0 unspecified atom stereocenters. The lowest BCUT2D eigenvalue weighted by molar-refractivity contribution is 0.366. The van der Waals surface area contributed by atoms with Gasteiger partial charge in [0.1, 0.15) is 6.61 Å². The molecule has 0 saturated heterocycles. The average Bonchev–Trinajstić information content (AvgIpc) is 3.04. The molecule has 0 aliphatic rings. The quantitative estimate of drug-likeness (QED) is 0.575. The zero-order valence-corrected chi connectivity index (χ0v) is 12.9. The number of hydrogen-bond donors (Lipinski definition) is 1. The number of rotatable bonds is 5. The fourth-order valence-electron chi connectivity index (χ4n) is 2.04. The minimum Gasteiger partial charge on any atom is -0.487 e. The molecule has 3 rings (SSSR count). The van der Waals surface area contributed by atoms with Crippen LogP contribution in [0.25, 0.3) is 17.1 Å². The van der Waals surface area contributed by atoms with Gasteiger partial charge in [-0.15, -0.1) is 15.0 Å². The summed E-state index contributed by atoms with van der Waals surface area (Å²) in [6.45, 7) is 3.97. The number of hydrogen-bond acceptors (Lipinski definition) is 5. The van der Waals surface area contributed by atoms with Crippen LogP contribution in [-0.4, -0.2) is 26.8 Å². The monoisotopic (exact) mass is 327 g/mol. The maximum Gasteiger partial charge on any atom is 0.209 e. The van der Waals surface area contributed by atoms with E-state index in [1.807, 2.05) is 24.3 Å². The zero-order chi connectivity index (χ0) is 16.2. The topological polar surface area (TPSA) is 78.9 Å². The van der Waals surface area contributed by atoms with E-state index in [0.29, 0.717) is 34.5 Å². The van der Waals surface area contributed by atoms with E-state index in [4.69, 9.17) is 22.1 Å². The minimum atomic E-state index is 0.340. The van der Waals surface area contributed by atoms with Crippen molar-refractivity contribution >= 4 is 17.3 Å². The highest BCUT2D eigenvalue weighted by molar-refractivity contribution is 6.30. The Bertz CT molecular complexity index is 829. The Morgan fingerprint density at radius 1 is 1.22 bits per heavy atom. The molecule has 1 heterocycles. The van der Waals surface area contributed by atoms with Gasteiger partial charge in [0.15, 0.2) is 5.75 Å². The summed E-state index contributed by atoms with van der Waals surface area (Å²) in [6, 6.07) is 12.5. The summed E-state index contributed by atoms with van der Waals surface area (Å²) in [5.41, 5.74) is 7.91. The van der Waals surface area contributed by atoms with E-state index in [1.54, 1.807) is 24.3 Å². The maximum atomic E-state index is 5.98. The molecule has 0 saturated carbocycles. The highest BCUT2D eigenvalue weighted by Gasteiger charge is 2.15. The highest BCUT2D eigenvalue weighted by atomic mass is 35.5. The van der Waals surface area contributed by atoms with Crippen LogP contribution in [0.3, 0.4) is 0 Å². The number of benzene rings is 2. The number of nitrogens with zero attached hydrogens (tertiary/aromatic N) is 4. The molecule has 0 bridgehead atoms. The smallest absolute Gasteiger partial charge is 0.209 e. The number of anilines is 1. The van der Waals surface area contributed by atoms with Gasteiger partial charge >= 0.3 is 0 Å². The fraction of sp³-hybridized carbons (Fsp3) is 0.0625. The molecule has 0 aliphatic heterocycles. The second kappa shape index (κ2) is 6.50. The van der Waals surface area contributed by atoms with E-state index in [0.717, 1.165) is 5.69 Å². The van der Waals surface area contributed by atoms with Crippen molar-refractivity contribution in [3.63, 3.8) is 0 Å².